The van der Waals surface area contributed by atoms with Gasteiger partial charge in [0.25, 0.3) is 5.91 Å². The highest BCUT2D eigenvalue weighted by atomic mass is 19.1. The number of hydrogen-bond donors (Lipinski definition) is 3. The molecule has 0 saturated carbocycles. The van der Waals surface area contributed by atoms with Crippen molar-refractivity contribution in [1.82, 2.24) is 20.5 Å². The quantitative estimate of drug-likeness (QED) is 0.313. The van der Waals surface area contributed by atoms with Crippen LogP contribution in [-0.4, -0.2) is 66.6 Å². The number of carbonyl (C=O) groups is 3. The number of nitrogens with one attached hydrogen (secondary N) is 3. The highest BCUT2D eigenvalue weighted by molar-refractivity contribution is 6.00. The van der Waals surface area contributed by atoms with E-state index in [1.165, 1.54) is 17.0 Å². The number of nitriles is 1. The highest BCUT2D eigenvalue weighted by Gasteiger charge is 2.20. The molecule has 0 bridgehead atoms. The molecule has 0 atom stereocenters. The second-order valence-corrected chi connectivity index (χ2v) is 10.5. The van der Waals surface area contributed by atoms with E-state index in [2.05, 4.69) is 27.0 Å². The second-order valence-electron chi connectivity index (χ2n) is 10.5. The fourth-order valence-corrected chi connectivity index (χ4v) is 3.86. The predicted molar refractivity (Wildman–Crippen MR) is 157 cm³/mol. The van der Waals surface area contributed by atoms with Crippen molar-refractivity contribution in [3.8, 4) is 17.3 Å². The summed E-state index contributed by atoms with van der Waals surface area (Å²) in [6.07, 6.45) is -0.0320. The zero-order valence-electron chi connectivity index (χ0n) is 24.2. The van der Waals surface area contributed by atoms with Gasteiger partial charge in [-0.15, -0.1) is 0 Å². The summed E-state index contributed by atoms with van der Waals surface area (Å²) >= 11 is 0. The molecule has 3 rings (SSSR count). The number of anilines is 1. The third kappa shape index (κ3) is 9.59. The molecule has 0 aliphatic rings. The molecule has 0 saturated heterocycles. The van der Waals surface area contributed by atoms with Gasteiger partial charge in [-0.3, -0.25) is 9.59 Å². The molecule has 220 valence electrons. The van der Waals surface area contributed by atoms with Crippen molar-refractivity contribution in [2.75, 3.05) is 38.5 Å². The topological polar surface area (TPSA) is 136 Å². The molecule has 42 heavy (non-hydrogen) atoms. The Kier molecular flexibility index (Phi) is 11.0. The number of aromatic nitrogens is 1. The molecule has 11 heteroatoms. The van der Waals surface area contributed by atoms with Gasteiger partial charge in [0.15, 0.2) is 0 Å². The molecule has 0 spiro atoms. The molecule has 3 amide bonds. The smallest absolute Gasteiger partial charge is 0.410 e. The van der Waals surface area contributed by atoms with E-state index in [-0.39, 0.29) is 36.8 Å². The predicted octanol–water partition coefficient (Wildman–Crippen LogP) is 4.13. The largest absolute Gasteiger partial charge is 0.444 e. The number of rotatable bonds is 11. The molecule has 0 radical (unpaired) electrons. The number of amides is 3. The van der Waals surface area contributed by atoms with Crippen LogP contribution in [0.5, 0.6) is 0 Å². The number of likely N-dealkylation sites (N-methyl/N-ethyl adjacent to an activating group) is 1. The number of pyridine rings is 1. The summed E-state index contributed by atoms with van der Waals surface area (Å²) in [5, 5.41) is 17.9. The Balaban J connectivity index is 1.65. The summed E-state index contributed by atoms with van der Waals surface area (Å²) < 4.78 is 18.9. The summed E-state index contributed by atoms with van der Waals surface area (Å²) in [4.78, 5) is 43.4. The monoisotopic (exact) mass is 574 g/mol. The van der Waals surface area contributed by atoms with Crippen molar-refractivity contribution in [1.29, 1.82) is 5.26 Å². The Morgan fingerprint density at radius 2 is 1.79 bits per heavy atom. The Labute approximate surface area is 244 Å². The third-order valence-electron chi connectivity index (χ3n) is 5.94. The molecule has 10 nitrogen and oxygen atoms in total. The number of carbonyl (C=O) groups excluding carboxylic acids is 3. The lowest BCUT2D eigenvalue weighted by molar-refractivity contribution is -0.120. The van der Waals surface area contributed by atoms with Crippen molar-refractivity contribution in [3.05, 3.63) is 83.2 Å². The minimum absolute atomic E-state index is 0.173. The maximum Gasteiger partial charge on any atom is 0.410 e. The summed E-state index contributed by atoms with van der Waals surface area (Å²) in [5.41, 5.74) is 1.87. The van der Waals surface area contributed by atoms with Gasteiger partial charge in [-0.1, -0.05) is 30.3 Å². The molecule has 0 aliphatic heterocycles. The fourth-order valence-electron chi connectivity index (χ4n) is 3.86. The maximum absolute atomic E-state index is 13.6. The average molecular weight is 575 g/mol. The van der Waals surface area contributed by atoms with Crippen molar-refractivity contribution < 1.29 is 23.5 Å². The first kappa shape index (κ1) is 31.5. The van der Waals surface area contributed by atoms with E-state index >= 15 is 0 Å². The first-order valence-electron chi connectivity index (χ1n) is 13.4. The SMILES string of the molecule is CN(CCNC(=O)CNC(=O)c1ccc(-c2ccccc2C#N)nc1NCCc1cccc(F)c1)C(=O)OC(C)(C)C. The van der Waals surface area contributed by atoms with Crippen LogP contribution in [0.2, 0.25) is 0 Å². The lowest BCUT2D eigenvalue weighted by Crippen LogP contribution is -2.42. The molecule has 3 N–H and O–H groups in total. The Hall–Kier alpha value is -4.98. The van der Waals surface area contributed by atoms with Crippen LogP contribution in [0.15, 0.2) is 60.7 Å². The van der Waals surface area contributed by atoms with E-state index in [1.807, 2.05) is 0 Å². The van der Waals surface area contributed by atoms with Gasteiger partial charge in [0, 0.05) is 32.2 Å². The van der Waals surface area contributed by atoms with Gasteiger partial charge in [-0.25, -0.2) is 14.2 Å². The molecular weight excluding hydrogens is 539 g/mol. The van der Waals surface area contributed by atoms with E-state index in [9.17, 15) is 24.0 Å². The van der Waals surface area contributed by atoms with Gasteiger partial charge in [-0.2, -0.15) is 5.26 Å². The van der Waals surface area contributed by atoms with Gasteiger partial charge >= 0.3 is 6.09 Å². The first-order valence-corrected chi connectivity index (χ1v) is 13.4. The van der Waals surface area contributed by atoms with Crippen molar-refractivity contribution >= 4 is 23.7 Å². The van der Waals surface area contributed by atoms with Crippen LogP contribution in [-0.2, 0) is 16.0 Å². The number of hydrogen-bond acceptors (Lipinski definition) is 7. The molecule has 3 aromatic rings. The van der Waals surface area contributed by atoms with Gasteiger partial charge in [0.05, 0.1) is 29.4 Å². The van der Waals surface area contributed by atoms with Gasteiger partial charge in [-0.05, 0) is 63.1 Å². The van der Waals surface area contributed by atoms with Gasteiger partial charge < -0.3 is 25.6 Å². The number of ether oxygens (including phenoxy) is 1. The Bertz CT molecular complexity index is 1460. The van der Waals surface area contributed by atoms with Gasteiger partial charge in [0.1, 0.15) is 17.2 Å². The van der Waals surface area contributed by atoms with Crippen LogP contribution in [0.4, 0.5) is 15.0 Å². The summed E-state index contributed by atoms with van der Waals surface area (Å²) in [6.45, 7) is 5.76. The molecular formula is C31H35FN6O4. The molecule has 0 fully saturated rings. The lowest BCUT2D eigenvalue weighted by Gasteiger charge is -2.24. The van der Waals surface area contributed by atoms with Crippen LogP contribution in [0.1, 0.15) is 42.3 Å². The van der Waals surface area contributed by atoms with Crippen molar-refractivity contribution in [3.63, 3.8) is 0 Å². The highest BCUT2D eigenvalue weighted by Crippen LogP contribution is 2.25. The number of nitrogens with zero attached hydrogens (tertiary/aromatic N) is 3. The van der Waals surface area contributed by atoms with Crippen LogP contribution in [0.3, 0.4) is 0 Å². The molecule has 0 unspecified atom stereocenters. The van der Waals surface area contributed by atoms with Crippen LogP contribution >= 0.6 is 0 Å². The van der Waals surface area contributed by atoms with Crippen molar-refractivity contribution in [2.24, 2.45) is 0 Å². The molecule has 1 aromatic heterocycles. The van der Waals surface area contributed by atoms with Crippen LogP contribution < -0.4 is 16.0 Å². The van der Waals surface area contributed by atoms with E-state index < -0.39 is 23.5 Å². The minimum atomic E-state index is -0.627. The van der Waals surface area contributed by atoms with Crippen molar-refractivity contribution in [2.45, 2.75) is 32.8 Å². The van der Waals surface area contributed by atoms with E-state index in [0.717, 1.165) is 5.56 Å². The van der Waals surface area contributed by atoms with Crippen LogP contribution in [0.25, 0.3) is 11.3 Å². The third-order valence-corrected chi connectivity index (χ3v) is 5.94. The normalized spacial score (nSPS) is 10.8. The van der Waals surface area contributed by atoms with E-state index in [1.54, 1.807) is 76.3 Å². The standard InChI is InChI=1S/C31H35FN6O4/c1-31(2,3)42-30(41)38(4)17-16-34-27(39)20-36-29(40)25-12-13-26(24-11-6-5-9-22(24)19-33)37-28(25)35-15-14-21-8-7-10-23(32)18-21/h5-13,18H,14-17,20H2,1-4H3,(H,34,39)(H,35,37)(H,36,40). The summed E-state index contributed by atoms with van der Waals surface area (Å²) in [6, 6.07) is 18.6. The maximum atomic E-state index is 13.6. The van der Waals surface area contributed by atoms with Crippen LogP contribution in [0, 0.1) is 17.1 Å². The Morgan fingerprint density at radius 1 is 1.02 bits per heavy atom. The average Bonchev–Trinajstić information content (AvgIpc) is 2.95. The number of halogens is 1. The van der Waals surface area contributed by atoms with E-state index in [0.29, 0.717) is 29.8 Å². The summed E-state index contributed by atoms with van der Waals surface area (Å²) in [5.74, 6) is -1.05. The lowest BCUT2D eigenvalue weighted by atomic mass is 10.0. The zero-order valence-corrected chi connectivity index (χ0v) is 24.2. The second kappa shape index (κ2) is 14.6. The molecule has 1 heterocycles. The zero-order chi connectivity index (χ0) is 30.7. The number of benzene rings is 2. The summed E-state index contributed by atoms with van der Waals surface area (Å²) in [7, 11) is 1.57. The molecule has 0 aliphatic carbocycles. The fraction of sp³-hybridized carbons (Fsp3) is 0.323. The van der Waals surface area contributed by atoms with E-state index in [4.69, 9.17) is 4.74 Å². The first-order chi connectivity index (χ1) is 20.0. The Morgan fingerprint density at radius 3 is 2.50 bits per heavy atom. The van der Waals surface area contributed by atoms with Gasteiger partial charge in [0.2, 0.25) is 5.91 Å². The minimum Gasteiger partial charge on any atom is -0.444 e. The molecule has 2 aromatic carbocycles.